The molecule has 0 atom stereocenters. The number of benzene rings is 1. The van der Waals surface area contributed by atoms with Gasteiger partial charge < -0.3 is 14.4 Å². The highest BCUT2D eigenvalue weighted by molar-refractivity contribution is 7.09. The SMILES string of the molecule is COc1cc(OC)cc(C(=O)N2CCN(Cc3nc(C(C)(C)C)cs3)CC2)c1. The van der Waals surface area contributed by atoms with E-state index in [1.807, 2.05) is 4.90 Å². The van der Waals surface area contributed by atoms with Crippen molar-refractivity contribution in [2.45, 2.75) is 32.7 Å². The van der Waals surface area contributed by atoms with Crippen LogP contribution in [-0.4, -0.2) is 61.1 Å². The molecule has 0 spiro atoms. The minimum absolute atomic E-state index is 0.0149. The zero-order valence-electron chi connectivity index (χ0n) is 17.3. The number of rotatable bonds is 5. The van der Waals surface area contributed by atoms with Gasteiger partial charge in [-0.15, -0.1) is 11.3 Å². The Morgan fingerprint density at radius 1 is 1.07 bits per heavy atom. The lowest BCUT2D eigenvalue weighted by Gasteiger charge is -2.34. The van der Waals surface area contributed by atoms with Crippen LogP contribution in [0.2, 0.25) is 0 Å². The summed E-state index contributed by atoms with van der Waals surface area (Å²) in [5, 5.41) is 3.30. The average molecular weight is 404 g/mol. The Balaban J connectivity index is 1.59. The van der Waals surface area contributed by atoms with Gasteiger partial charge in [-0.1, -0.05) is 20.8 Å². The first-order chi connectivity index (χ1) is 13.3. The van der Waals surface area contributed by atoms with Crippen molar-refractivity contribution in [3.63, 3.8) is 0 Å². The highest BCUT2D eigenvalue weighted by Crippen LogP contribution is 2.26. The molecular weight excluding hydrogens is 374 g/mol. The molecular formula is C21H29N3O3S. The van der Waals surface area contributed by atoms with Crippen molar-refractivity contribution < 1.29 is 14.3 Å². The summed E-state index contributed by atoms with van der Waals surface area (Å²) in [6.07, 6.45) is 0. The third kappa shape index (κ3) is 4.83. The second-order valence-corrected chi connectivity index (χ2v) is 8.99. The van der Waals surface area contributed by atoms with E-state index in [-0.39, 0.29) is 11.3 Å². The standard InChI is InChI=1S/C21H29N3O3S/c1-21(2,3)18-14-28-19(22-18)13-23-6-8-24(9-7-23)20(25)15-10-16(26-4)12-17(11-15)27-5/h10-12,14H,6-9,13H2,1-5H3. The van der Waals surface area contributed by atoms with Crippen LogP contribution >= 0.6 is 11.3 Å². The van der Waals surface area contributed by atoms with E-state index in [4.69, 9.17) is 14.5 Å². The number of carbonyl (C=O) groups excluding carboxylic acids is 1. The van der Waals surface area contributed by atoms with Gasteiger partial charge in [0.15, 0.2) is 0 Å². The van der Waals surface area contributed by atoms with Gasteiger partial charge in [0, 0.05) is 48.6 Å². The van der Waals surface area contributed by atoms with Crippen molar-refractivity contribution in [3.05, 3.63) is 39.8 Å². The first kappa shape index (κ1) is 20.6. The van der Waals surface area contributed by atoms with E-state index < -0.39 is 0 Å². The van der Waals surface area contributed by atoms with Gasteiger partial charge in [0.05, 0.1) is 26.5 Å². The Morgan fingerprint density at radius 2 is 1.68 bits per heavy atom. The number of nitrogens with zero attached hydrogens (tertiary/aromatic N) is 3. The van der Waals surface area contributed by atoms with Gasteiger partial charge in [0.25, 0.3) is 5.91 Å². The molecule has 1 fully saturated rings. The van der Waals surface area contributed by atoms with Crippen molar-refractivity contribution in [1.82, 2.24) is 14.8 Å². The number of hydrogen-bond donors (Lipinski definition) is 0. The lowest BCUT2D eigenvalue weighted by Crippen LogP contribution is -2.48. The maximum Gasteiger partial charge on any atom is 0.254 e. The molecule has 2 heterocycles. The third-order valence-corrected chi connectivity index (χ3v) is 5.77. The highest BCUT2D eigenvalue weighted by Gasteiger charge is 2.24. The van der Waals surface area contributed by atoms with Crippen molar-refractivity contribution in [2.24, 2.45) is 0 Å². The van der Waals surface area contributed by atoms with Gasteiger partial charge in [-0.25, -0.2) is 4.98 Å². The van der Waals surface area contributed by atoms with E-state index in [0.29, 0.717) is 30.2 Å². The Hall–Kier alpha value is -2.12. The summed E-state index contributed by atoms with van der Waals surface area (Å²) in [6, 6.07) is 5.30. The number of thiazole rings is 1. The molecule has 0 N–H and O–H groups in total. The Labute approximate surface area is 171 Å². The van der Waals surface area contributed by atoms with Gasteiger partial charge in [-0.2, -0.15) is 0 Å². The van der Waals surface area contributed by atoms with Crippen molar-refractivity contribution in [1.29, 1.82) is 0 Å². The fraction of sp³-hybridized carbons (Fsp3) is 0.524. The topological polar surface area (TPSA) is 54.9 Å². The number of ether oxygens (including phenoxy) is 2. The molecule has 0 aliphatic carbocycles. The van der Waals surface area contributed by atoms with Crippen LogP contribution in [-0.2, 0) is 12.0 Å². The number of aromatic nitrogens is 1. The molecule has 1 aromatic heterocycles. The molecule has 1 saturated heterocycles. The van der Waals surface area contributed by atoms with E-state index in [0.717, 1.165) is 30.3 Å². The van der Waals surface area contributed by atoms with Gasteiger partial charge >= 0.3 is 0 Å². The van der Waals surface area contributed by atoms with E-state index in [2.05, 4.69) is 31.1 Å². The fourth-order valence-electron chi connectivity index (χ4n) is 3.14. The van der Waals surface area contributed by atoms with Crippen LogP contribution in [0.25, 0.3) is 0 Å². The van der Waals surface area contributed by atoms with E-state index >= 15 is 0 Å². The van der Waals surface area contributed by atoms with E-state index in [9.17, 15) is 4.79 Å². The van der Waals surface area contributed by atoms with Crippen LogP contribution in [0.4, 0.5) is 0 Å². The zero-order valence-corrected chi connectivity index (χ0v) is 18.1. The fourth-order valence-corrected chi connectivity index (χ4v) is 4.20. The van der Waals surface area contributed by atoms with Gasteiger partial charge in [0.1, 0.15) is 16.5 Å². The zero-order chi connectivity index (χ0) is 20.3. The van der Waals surface area contributed by atoms with Gasteiger partial charge in [0.2, 0.25) is 0 Å². The minimum atomic E-state index is 0.0149. The van der Waals surface area contributed by atoms with Gasteiger partial charge in [-0.05, 0) is 12.1 Å². The van der Waals surface area contributed by atoms with Crippen LogP contribution in [0.15, 0.2) is 23.6 Å². The molecule has 0 saturated carbocycles. The lowest BCUT2D eigenvalue weighted by molar-refractivity contribution is 0.0627. The smallest absolute Gasteiger partial charge is 0.254 e. The van der Waals surface area contributed by atoms with Crippen LogP contribution in [0, 0.1) is 0 Å². The molecule has 1 aromatic carbocycles. The first-order valence-corrected chi connectivity index (χ1v) is 10.4. The second-order valence-electron chi connectivity index (χ2n) is 8.05. The quantitative estimate of drug-likeness (QED) is 0.766. The summed E-state index contributed by atoms with van der Waals surface area (Å²) in [5.41, 5.74) is 1.82. The first-order valence-electron chi connectivity index (χ1n) is 9.49. The van der Waals surface area contributed by atoms with Gasteiger partial charge in [-0.3, -0.25) is 9.69 Å². The van der Waals surface area contributed by atoms with Crippen LogP contribution in [0.5, 0.6) is 11.5 Å². The average Bonchev–Trinajstić information content (AvgIpc) is 3.16. The molecule has 1 aliphatic heterocycles. The molecule has 1 aliphatic rings. The molecule has 28 heavy (non-hydrogen) atoms. The summed E-state index contributed by atoms with van der Waals surface area (Å²) >= 11 is 1.72. The van der Waals surface area contributed by atoms with E-state index in [1.54, 1.807) is 43.8 Å². The molecule has 2 aromatic rings. The summed E-state index contributed by atoms with van der Waals surface area (Å²) in [5.74, 6) is 1.26. The van der Waals surface area contributed by atoms with Crippen molar-refractivity contribution in [3.8, 4) is 11.5 Å². The summed E-state index contributed by atoms with van der Waals surface area (Å²) in [6.45, 7) is 10.5. The number of piperazine rings is 1. The Bertz CT molecular complexity index is 798. The molecule has 3 rings (SSSR count). The Morgan fingerprint density at radius 3 is 2.18 bits per heavy atom. The second kappa shape index (κ2) is 8.49. The number of amides is 1. The predicted molar refractivity (Wildman–Crippen MR) is 112 cm³/mol. The Kier molecular flexibility index (Phi) is 6.25. The molecule has 152 valence electrons. The van der Waals surface area contributed by atoms with E-state index in [1.165, 1.54) is 0 Å². The highest BCUT2D eigenvalue weighted by atomic mass is 32.1. The van der Waals surface area contributed by atoms with Crippen LogP contribution in [0.3, 0.4) is 0 Å². The molecule has 0 unspecified atom stereocenters. The van der Waals surface area contributed by atoms with Crippen LogP contribution < -0.4 is 9.47 Å². The van der Waals surface area contributed by atoms with Crippen molar-refractivity contribution in [2.75, 3.05) is 40.4 Å². The van der Waals surface area contributed by atoms with Crippen LogP contribution in [0.1, 0.15) is 41.8 Å². The summed E-state index contributed by atoms with van der Waals surface area (Å²) in [7, 11) is 3.18. The number of hydrogen-bond acceptors (Lipinski definition) is 6. The molecule has 7 heteroatoms. The molecule has 1 amide bonds. The monoisotopic (exact) mass is 403 g/mol. The predicted octanol–water partition coefficient (Wildman–Crippen LogP) is 3.42. The third-order valence-electron chi connectivity index (χ3n) is 4.94. The lowest BCUT2D eigenvalue weighted by atomic mass is 9.93. The normalized spacial score (nSPS) is 15.5. The number of methoxy groups -OCH3 is 2. The largest absolute Gasteiger partial charge is 0.497 e. The minimum Gasteiger partial charge on any atom is -0.497 e. The number of carbonyl (C=O) groups is 1. The maximum absolute atomic E-state index is 12.9. The summed E-state index contributed by atoms with van der Waals surface area (Å²) in [4.78, 5) is 21.9. The van der Waals surface area contributed by atoms with Crippen molar-refractivity contribution >= 4 is 17.2 Å². The maximum atomic E-state index is 12.9. The molecule has 0 radical (unpaired) electrons. The summed E-state index contributed by atoms with van der Waals surface area (Å²) < 4.78 is 10.6. The molecule has 0 bridgehead atoms. The molecule has 6 nitrogen and oxygen atoms in total.